The van der Waals surface area contributed by atoms with Crippen molar-refractivity contribution in [1.29, 1.82) is 5.26 Å². The third-order valence-electron chi connectivity index (χ3n) is 4.30. The molecule has 2 aliphatic carbocycles. The maximum atomic E-state index is 9.69. The fraction of sp³-hybridized carbons (Fsp3) is 0.929. The van der Waals surface area contributed by atoms with Gasteiger partial charge in [0.1, 0.15) is 5.54 Å². The van der Waals surface area contributed by atoms with Gasteiger partial charge in [0.05, 0.1) is 12.7 Å². The first-order valence-corrected chi connectivity index (χ1v) is 7.31. The van der Waals surface area contributed by atoms with Gasteiger partial charge in [-0.05, 0) is 38.0 Å². The topological polar surface area (TPSA) is 48.3 Å². The van der Waals surface area contributed by atoms with Gasteiger partial charge in [0.25, 0.3) is 0 Å². The molecule has 0 spiro atoms. The van der Waals surface area contributed by atoms with Crippen molar-refractivity contribution < 1.29 is 4.74 Å². The third kappa shape index (κ3) is 2.85. The summed E-state index contributed by atoms with van der Waals surface area (Å²) in [5.41, 5.74) is -0.286. The molecule has 0 aromatic heterocycles. The average Bonchev–Trinajstić information content (AvgIpc) is 3.21. The highest BCUT2D eigenvalue weighted by atomic mass is 16.5. The van der Waals surface area contributed by atoms with Crippen LogP contribution in [-0.2, 0) is 4.74 Å². The molecule has 0 aromatic carbocycles. The van der Waals surface area contributed by atoms with Crippen LogP contribution in [0.5, 0.6) is 0 Å². The van der Waals surface area contributed by atoms with E-state index in [0.717, 1.165) is 39.3 Å². The number of nitriles is 1. The summed E-state index contributed by atoms with van der Waals surface area (Å²) >= 11 is 0. The zero-order valence-electron chi connectivity index (χ0n) is 11.0. The highest BCUT2D eigenvalue weighted by Crippen LogP contribution is 2.41. The molecular formula is C14H23N3O. The largest absolute Gasteiger partial charge is 0.380 e. The average molecular weight is 249 g/mol. The van der Waals surface area contributed by atoms with Gasteiger partial charge in [-0.2, -0.15) is 5.26 Å². The van der Waals surface area contributed by atoms with E-state index in [1.54, 1.807) is 0 Å². The van der Waals surface area contributed by atoms with Crippen LogP contribution in [0.2, 0.25) is 0 Å². The molecule has 4 heteroatoms. The van der Waals surface area contributed by atoms with E-state index in [9.17, 15) is 5.26 Å². The number of nitrogens with one attached hydrogen (secondary N) is 1. The molecule has 4 nitrogen and oxygen atoms in total. The van der Waals surface area contributed by atoms with Crippen molar-refractivity contribution in [2.24, 2.45) is 5.92 Å². The molecule has 1 atom stereocenters. The predicted octanol–water partition coefficient (Wildman–Crippen LogP) is 1.13. The first kappa shape index (κ1) is 12.4. The molecule has 1 N–H and O–H groups in total. The summed E-state index contributed by atoms with van der Waals surface area (Å²) in [4.78, 5) is 2.42. The lowest BCUT2D eigenvalue weighted by molar-refractivity contribution is 0.134. The molecule has 18 heavy (non-hydrogen) atoms. The van der Waals surface area contributed by atoms with E-state index in [2.05, 4.69) is 16.3 Å². The lowest BCUT2D eigenvalue weighted by atomic mass is 9.93. The maximum absolute atomic E-state index is 9.69. The lowest BCUT2D eigenvalue weighted by Gasteiger charge is -2.34. The van der Waals surface area contributed by atoms with Crippen molar-refractivity contribution >= 4 is 0 Å². The molecule has 1 unspecified atom stereocenters. The second-order valence-corrected chi connectivity index (χ2v) is 6.02. The molecule has 0 amide bonds. The summed E-state index contributed by atoms with van der Waals surface area (Å²) in [6.07, 6.45) is 6.03. The summed E-state index contributed by atoms with van der Waals surface area (Å²) in [6, 6.07) is 3.23. The Morgan fingerprint density at radius 1 is 1.22 bits per heavy atom. The zero-order valence-corrected chi connectivity index (χ0v) is 11.0. The van der Waals surface area contributed by atoms with E-state index in [0.29, 0.717) is 12.0 Å². The monoisotopic (exact) mass is 249 g/mol. The second-order valence-electron chi connectivity index (χ2n) is 6.02. The number of ether oxygens (including phenoxy) is 1. The highest BCUT2D eigenvalue weighted by molar-refractivity contribution is 5.18. The Bertz CT molecular complexity index is 324. The van der Waals surface area contributed by atoms with Crippen LogP contribution in [0.3, 0.4) is 0 Å². The molecule has 3 rings (SSSR count). The Morgan fingerprint density at radius 2 is 2.06 bits per heavy atom. The zero-order chi connectivity index (χ0) is 12.4. The van der Waals surface area contributed by atoms with E-state index in [-0.39, 0.29) is 5.54 Å². The van der Waals surface area contributed by atoms with Crippen molar-refractivity contribution in [2.45, 2.75) is 43.7 Å². The van der Waals surface area contributed by atoms with E-state index >= 15 is 0 Å². The van der Waals surface area contributed by atoms with E-state index in [1.807, 2.05) is 0 Å². The lowest BCUT2D eigenvalue weighted by Crippen LogP contribution is -2.55. The van der Waals surface area contributed by atoms with Crippen LogP contribution in [0.1, 0.15) is 32.1 Å². The van der Waals surface area contributed by atoms with Crippen LogP contribution in [-0.4, -0.2) is 49.3 Å². The van der Waals surface area contributed by atoms with Crippen LogP contribution in [0.15, 0.2) is 0 Å². The number of hydrogen-bond donors (Lipinski definition) is 1. The summed E-state index contributed by atoms with van der Waals surface area (Å²) in [5, 5.41) is 13.3. The molecule has 0 aromatic rings. The van der Waals surface area contributed by atoms with Crippen molar-refractivity contribution in [3.63, 3.8) is 0 Å². The number of nitrogens with zero attached hydrogens (tertiary/aromatic N) is 2. The summed E-state index contributed by atoms with van der Waals surface area (Å²) < 4.78 is 5.50. The van der Waals surface area contributed by atoms with Gasteiger partial charge in [0.2, 0.25) is 0 Å². The van der Waals surface area contributed by atoms with Gasteiger partial charge in [0, 0.05) is 32.3 Å². The van der Waals surface area contributed by atoms with Gasteiger partial charge in [-0.15, -0.1) is 0 Å². The molecule has 1 saturated heterocycles. The number of hydrogen-bond acceptors (Lipinski definition) is 4. The van der Waals surface area contributed by atoms with Crippen molar-refractivity contribution in [1.82, 2.24) is 10.2 Å². The first-order chi connectivity index (χ1) is 8.82. The molecule has 2 saturated carbocycles. The molecular weight excluding hydrogens is 226 g/mol. The van der Waals surface area contributed by atoms with Crippen LogP contribution in [0.4, 0.5) is 0 Å². The summed E-state index contributed by atoms with van der Waals surface area (Å²) in [7, 11) is 0. The molecule has 0 radical (unpaired) electrons. The molecule has 0 bridgehead atoms. The second kappa shape index (κ2) is 5.16. The van der Waals surface area contributed by atoms with Gasteiger partial charge < -0.3 is 4.74 Å². The van der Waals surface area contributed by atoms with Crippen molar-refractivity contribution in [3.8, 4) is 6.07 Å². The predicted molar refractivity (Wildman–Crippen MR) is 69.1 cm³/mol. The van der Waals surface area contributed by atoms with E-state index in [4.69, 9.17) is 4.74 Å². The highest BCUT2D eigenvalue weighted by Gasteiger charge is 2.49. The normalized spacial score (nSPS) is 29.3. The minimum absolute atomic E-state index is 0.286. The Balaban J connectivity index is 1.65. The minimum atomic E-state index is -0.286. The van der Waals surface area contributed by atoms with Gasteiger partial charge in [-0.25, -0.2) is 0 Å². The van der Waals surface area contributed by atoms with Crippen LogP contribution >= 0.6 is 0 Å². The van der Waals surface area contributed by atoms with Crippen LogP contribution in [0.25, 0.3) is 0 Å². The van der Waals surface area contributed by atoms with Gasteiger partial charge in [-0.3, -0.25) is 10.2 Å². The standard InChI is InChI=1S/C14H23N3O/c15-10-14(12-2-3-12,16-13-4-5-13)11-17-6-1-8-18-9-7-17/h12-13,16H,1-9,11H2. The quantitative estimate of drug-likeness (QED) is 0.793. The Kier molecular flexibility index (Phi) is 3.56. The molecule has 1 aliphatic heterocycles. The summed E-state index contributed by atoms with van der Waals surface area (Å²) in [5.74, 6) is 0.576. The van der Waals surface area contributed by atoms with Crippen LogP contribution < -0.4 is 5.32 Å². The molecule has 3 aliphatic rings. The molecule has 100 valence electrons. The summed E-state index contributed by atoms with van der Waals surface area (Å²) in [6.45, 7) is 4.62. The Labute approximate surface area is 109 Å². The van der Waals surface area contributed by atoms with E-state index < -0.39 is 0 Å². The fourth-order valence-corrected chi connectivity index (χ4v) is 2.93. The Hall–Kier alpha value is -0.630. The number of rotatable bonds is 5. The smallest absolute Gasteiger partial charge is 0.122 e. The fourth-order valence-electron chi connectivity index (χ4n) is 2.93. The minimum Gasteiger partial charge on any atom is -0.380 e. The molecule has 1 heterocycles. The van der Waals surface area contributed by atoms with Gasteiger partial charge in [0.15, 0.2) is 0 Å². The van der Waals surface area contributed by atoms with E-state index in [1.165, 1.54) is 25.7 Å². The SMILES string of the molecule is N#CC(CN1CCCOCC1)(NC1CC1)C1CC1. The first-order valence-electron chi connectivity index (χ1n) is 7.31. The van der Waals surface area contributed by atoms with Crippen molar-refractivity contribution in [2.75, 3.05) is 32.8 Å². The van der Waals surface area contributed by atoms with Gasteiger partial charge >= 0.3 is 0 Å². The maximum Gasteiger partial charge on any atom is 0.122 e. The third-order valence-corrected chi connectivity index (χ3v) is 4.30. The Morgan fingerprint density at radius 3 is 2.72 bits per heavy atom. The van der Waals surface area contributed by atoms with Crippen LogP contribution in [0, 0.1) is 17.2 Å². The van der Waals surface area contributed by atoms with Crippen molar-refractivity contribution in [3.05, 3.63) is 0 Å². The van der Waals surface area contributed by atoms with Gasteiger partial charge in [-0.1, -0.05) is 0 Å². The molecule has 3 fully saturated rings.